The summed E-state index contributed by atoms with van der Waals surface area (Å²) in [5.41, 5.74) is 16.6. The first-order valence-electron chi connectivity index (χ1n) is 15.7. The van der Waals surface area contributed by atoms with Crippen molar-refractivity contribution in [1.82, 2.24) is 0 Å². The molecule has 35 heavy (non-hydrogen) atoms. The summed E-state index contributed by atoms with van der Waals surface area (Å²) in [6, 6.07) is 0. The van der Waals surface area contributed by atoms with Crippen LogP contribution in [0.3, 0.4) is 0 Å². The number of hydrogen-bond donors (Lipinski definition) is 2. The second-order valence-corrected chi connectivity index (χ2v) is 18.2. The van der Waals surface area contributed by atoms with Crippen LogP contribution in [-0.2, 0) is 0 Å². The lowest BCUT2D eigenvalue weighted by Gasteiger charge is -2.64. The molecule has 0 heterocycles. The normalized spacial score (nSPS) is 60.6. The minimum absolute atomic E-state index is 0.262. The van der Waals surface area contributed by atoms with E-state index in [2.05, 4.69) is 34.6 Å². The maximum atomic E-state index is 6.41. The van der Waals surface area contributed by atoms with Crippen LogP contribution in [0.5, 0.6) is 0 Å². The maximum absolute atomic E-state index is 6.41. The first kappa shape index (κ1) is 25.2. The molecular formula is C33H58N2. The Hall–Kier alpha value is -0.0800. The first-order chi connectivity index (χ1) is 16.1. The zero-order valence-corrected chi connectivity index (χ0v) is 24.1. The van der Waals surface area contributed by atoms with Crippen LogP contribution < -0.4 is 11.5 Å². The number of nitrogens with two attached hydrogens (primary N) is 2. The van der Waals surface area contributed by atoms with Gasteiger partial charge < -0.3 is 11.5 Å². The van der Waals surface area contributed by atoms with Crippen molar-refractivity contribution >= 4 is 0 Å². The number of fused-ring (bicyclic) bond motifs is 3. The fraction of sp³-hybridized carbons (Fsp3) is 1.00. The lowest BCUT2D eigenvalue weighted by molar-refractivity contribution is -0.136. The Balaban J connectivity index is 0.0000000989. The van der Waals surface area contributed by atoms with Gasteiger partial charge in [0, 0.05) is 11.1 Å². The van der Waals surface area contributed by atoms with Gasteiger partial charge in [-0.1, -0.05) is 34.6 Å². The average Bonchev–Trinajstić information content (AvgIpc) is 2.64. The Morgan fingerprint density at radius 2 is 0.800 bits per heavy atom. The van der Waals surface area contributed by atoms with Gasteiger partial charge in [0.15, 0.2) is 0 Å². The molecule has 0 amide bonds. The summed E-state index contributed by atoms with van der Waals surface area (Å²) in [4.78, 5) is 0. The molecule has 11 fully saturated rings. The molecule has 2 unspecified atom stereocenters. The lowest BCUT2D eigenvalue weighted by Crippen LogP contribution is -2.59. The topological polar surface area (TPSA) is 52.0 Å². The van der Waals surface area contributed by atoms with Crippen LogP contribution in [0.4, 0.5) is 0 Å². The second kappa shape index (κ2) is 7.74. The van der Waals surface area contributed by atoms with E-state index >= 15 is 0 Å². The smallest absolute Gasteiger partial charge is 0.0164 e. The van der Waals surface area contributed by atoms with Crippen molar-refractivity contribution in [3.05, 3.63) is 0 Å². The average molecular weight is 483 g/mol. The van der Waals surface area contributed by atoms with Crippen molar-refractivity contribution < 1.29 is 0 Å². The summed E-state index contributed by atoms with van der Waals surface area (Å²) >= 11 is 0. The highest BCUT2D eigenvalue weighted by Gasteiger charge is 2.58. The summed E-state index contributed by atoms with van der Waals surface area (Å²) < 4.78 is 0. The summed E-state index contributed by atoms with van der Waals surface area (Å²) in [6.07, 6.45) is 25.6. The molecule has 11 saturated carbocycles. The van der Waals surface area contributed by atoms with Gasteiger partial charge in [-0.25, -0.2) is 0 Å². The molecule has 0 aromatic rings. The van der Waals surface area contributed by atoms with E-state index in [1.165, 1.54) is 116 Å². The van der Waals surface area contributed by atoms with E-state index in [0.29, 0.717) is 10.8 Å². The van der Waals surface area contributed by atoms with E-state index in [1.807, 2.05) is 0 Å². The van der Waals surface area contributed by atoms with Gasteiger partial charge in [0.05, 0.1) is 0 Å². The van der Waals surface area contributed by atoms with Gasteiger partial charge in [-0.2, -0.15) is 0 Å². The summed E-state index contributed by atoms with van der Waals surface area (Å²) in [5.74, 6) is 3.05. The van der Waals surface area contributed by atoms with Gasteiger partial charge >= 0.3 is 0 Å². The summed E-state index contributed by atoms with van der Waals surface area (Å²) in [7, 11) is 0. The molecule has 0 saturated heterocycles. The van der Waals surface area contributed by atoms with Gasteiger partial charge in [-0.3, -0.25) is 0 Å². The summed E-state index contributed by atoms with van der Waals surface area (Å²) in [5, 5.41) is 0. The van der Waals surface area contributed by atoms with Crippen molar-refractivity contribution in [2.45, 2.75) is 161 Å². The van der Waals surface area contributed by atoms with Gasteiger partial charge in [0.2, 0.25) is 0 Å². The van der Waals surface area contributed by atoms with E-state index in [-0.39, 0.29) is 11.1 Å². The molecule has 2 nitrogen and oxygen atoms in total. The van der Waals surface area contributed by atoms with Gasteiger partial charge in [-0.05, 0) is 160 Å². The Labute approximate surface area is 217 Å². The Morgan fingerprint density at radius 3 is 1.11 bits per heavy atom. The van der Waals surface area contributed by atoms with E-state index in [9.17, 15) is 0 Å². The van der Waals surface area contributed by atoms with Gasteiger partial charge in [0.1, 0.15) is 0 Å². The predicted octanol–water partition coefficient (Wildman–Crippen LogP) is 8.36. The second-order valence-electron chi connectivity index (χ2n) is 18.2. The molecule has 11 aliphatic rings. The Morgan fingerprint density at radius 1 is 0.400 bits per heavy atom. The molecule has 10 bridgehead atoms. The third-order valence-electron chi connectivity index (χ3n) is 13.0. The number of rotatable bonds is 0. The highest BCUT2D eigenvalue weighted by Crippen LogP contribution is 2.69. The molecule has 0 aromatic carbocycles. The largest absolute Gasteiger partial charge is 0.325 e. The molecule has 4 N–H and O–H groups in total. The molecular weight excluding hydrogens is 424 g/mol. The van der Waals surface area contributed by atoms with Crippen molar-refractivity contribution in [2.75, 3.05) is 0 Å². The highest BCUT2D eigenvalue weighted by molar-refractivity contribution is 5.10. The monoisotopic (exact) mass is 482 g/mol. The molecule has 11 rings (SSSR count). The molecule has 200 valence electrons. The molecule has 11 aliphatic carbocycles. The van der Waals surface area contributed by atoms with Crippen LogP contribution in [-0.4, -0.2) is 11.1 Å². The summed E-state index contributed by atoms with van der Waals surface area (Å²) in [6.45, 7) is 12.5. The van der Waals surface area contributed by atoms with Gasteiger partial charge in [0.25, 0.3) is 0 Å². The third kappa shape index (κ3) is 4.91. The SMILES string of the molecule is CC12CC3CC(C)(C1)CC(C)(C3)C2.CC12CC3CC(C1)CC(N)(C3)C2.CC12CCC(N)(CC1)CC2. The zero-order chi connectivity index (χ0) is 25.0. The van der Waals surface area contributed by atoms with E-state index < -0.39 is 0 Å². The highest BCUT2D eigenvalue weighted by atomic mass is 14.8. The fourth-order valence-corrected chi connectivity index (χ4v) is 13.2. The van der Waals surface area contributed by atoms with Crippen LogP contribution in [0.2, 0.25) is 0 Å². The van der Waals surface area contributed by atoms with Crippen LogP contribution in [0.25, 0.3) is 0 Å². The number of hydrogen-bond acceptors (Lipinski definition) is 2. The van der Waals surface area contributed by atoms with Crippen LogP contribution in [0.1, 0.15) is 150 Å². The maximum Gasteiger partial charge on any atom is 0.0164 e. The Bertz CT molecular complexity index is 715. The molecule has 0 aromatic heterocycles. The molecule has 0 radical (unpaired) electrons. The van der Waals surface area contributed by atoms with Crippen LogP contribution >= 0.6 is 0 Å². The van der Waals surface area contributed by atoms with Crippen molar-refractivity contribution in [2.24, 2.45) is 56.3 Å². The van der Waals surface area contributed by atoms with Crippen molar-refractivity contribution in [1.29, 1.82) is 0 Å². The third-order valence-corrected chi connectivity index (χ3v) is 13.0. The van der Waals surface area contributed by atoms with Gasteiger partial charge in [-0.15, -0.1) is 0 Å². The Kier molecular flexibility index (Phi) is 5.57. The molecule has 0 aliphatic heterocycles. The standard InChI is InChI=1S/C13H22.C11H19N.C9H17N/c1-11-4-10-5-12(2,7-11)9-13(3,6-10)8-11;1-10-3-8-2-9(4-10)6-11(12,5-8)7-10;1-8-2-5-9(10,6-3-8)7-4-8/h10H,4-9H2,1-3H3;8-9H,2-7,12H2,1H3;2-7,10H2,1H3. The van der Waals surface area contributed by atoms with Crippen molar-refractivity contribution in [3.63, 3.8) is 0 Å². The quantitative estimate of drug-likeness (QED) is 0.364. The van der Waals surface area contributed by atoms with E-state index in [0.717, 1.165) is 34.0 Å². The predicted molar refractivity (Wildman–Crippen MR) is 148 cm³/mol. The molecule has 2 heteroatoms. The van der Waals surface area contributed by atoms with E-state index in [1.54, 1.807) is 0 Å². The van der Waals surface area contributed by atoms with Crippen LogP contribution in [0.15, 0.2) is 0 Å². The molecule has 0 spiro atoms. The molecule has 2 atom stereocenters. The minimum Gasteiger partial charge on any atom is -0.325 e. The zero-order valence-electron chi connectivity index (χ0n) is 24.1. The van der Waals surface area contributed by atoms with Crippen molar-refractivity contribution in [3.8, 4) is 0 Å². The lowest BCUT2D eigenvalue weighted by atomic mass is 9.41. The fourth-order valence-electron chi connectivity index (χ4n) is 13.2. The first-order valence-corrected chi connectivity index (χ1v) is 15.7. The minimum atomic E-state index is 0.262. The van der Waals surface area contributed by atoms with Crippen LogP contribution in [0, 0.1) is 44.8 Å². The van der Waals surface area contributed by atoms with E-state index in [4.69, 9.17) is 11.5 Å².